The smallest absolute Gasteiger partial charge is 0.256 e. The summed E-state index contributed by atoms with van der Waals surface area (Å²) in [5, 5.41) is 0. The van der Waals surface area contributed by atoms with Gasteiger partial charge >= 0.3 is 0 Å². The maximum Gasteiger partial charge on any atom is 0.256 e. The lowest BCUT2D eigenvalue weighted by molar-refractivity contribution is -0.137. The van der Waals surface area contributed by atoms with Crippen LogP contribution in [0.4, 0.5) is 0 Å². The Morgan fingerprint density at radius 3 is 2.30 bits per heavy atom. The van der Waals surface area contributed by atoms with E-state index in [1.807, 2.05) is 35.2 Å². The highest BCUT2D eigenvalue weighted by atomic mass is 16.5. The average molecular weight is 373 g/mol. The Morgan fingerprint density at radius 2 is 1.70 bits per heavy atom. The summed E-state index contributed by atoms with van der Waals surface area (Å²) in [5.74, 6) is -0.0493. The van der Waals surface area contributed by atoms with E-state index in [0.717, 1.165) is 58.0 Å². The zero-order valence-corrected chi connectivity index (χ0v) is 16.7. The van der Waals surface area contributed by atoms with Crippen molar-refractivity contribution >= 4 is 11.8 Å². The quantitative estimate of drug-likeness (QED) is 0.762. The van der Waals surface area contributed by atoms with E-state index in [4.69, 9.17) is 4.74 Å². The molecule has 0 radical (unpaired) electrons. The van der Waals surface area contributed by atoms with E-state index in [2.05, 4.69) is 13.8 Å². The fraction of sp³-hybridized carbons (Fsp3) is 0.636. The molecule has 1 aromatic carbocycles. The molecule has 1 aromatic rings. The lowest BCUT2D eigenvalue weighted by Crippen LogP contribution is -2.57. The second-order valence-corrected chi connectivity index (χ2v) is 7.70. The maximum atomic E-state index is 13.4. The number of benzene rings is 1. The molecule has 1 saturated carbocycles. The minimum atomic E-state index is -0.615. The molecule has 1 spiro atoms. The molecule has 0 N–H and O–H groups in total. The van der Waals surface area contributed by atoms with E-state index in [-0.39, 0.29) is 11.8 Å². The number of hydrogen-bond acceptors (Lipinski definition) is 3. The van der Waals surface area contributed by atoms with Crippen molar-refractivity contribution in [1.82, 2.24) is 9.80 Å². The first-order valence-electron chi connectivity index (χ1n) is 10.4. The van der Waals surface area contributed by atoms with Gasteiger partial charge in [-0.15, -0.1) is 0 Å². The van der Waals surface area contributed by atoms with Crippen LogP contribution >= 0.6 is 0 Å². The highest BCUT2D eigenvalue weighted by Gasteiger charge is 2.53. The third-order valence-electron chi connectivity index (χ3n) is 5.72. The van der Waals surface area contributed by atoms with Crippen LogP contribution in [0, 0.1) is 0 Å². The van der Waals surface area contributed by atoms with Crippen molar-refractivity contribution in [3.05, 3.63) is 35.9 Å². The van der Waals surface area contributed by atoms with E-state index in [9.17, 15) is 9.59 Å². The van der Waals surface area contributed by atoms with Gasteiger partial charge in [0.2, 0.25) is 5.91 Å². The van der Waals surface area contributed by atoms with Gasteiger partial charge in [0.05, 0.1) is 6.61 Å². The van der Waals surface area contributed by atoms with Crippen molar-refractivity contribution in [1.29, 1.82) is 0 Å². The number of amides is 2. The monoisotopic (exact) mass is 372 g/mol. The predicted octanol–water partition coefficient (Wildman–Crippen LogP) is 3.84. The predicted molar refractivity (Wildman–Crippen MR) is 105 cm³/mol. The van der Waals surface area contributed by atoms with E-state index < -0.39 is 11.8 Å². The molecule has 0 bridgehead atoms. The fourth-order valence-corrected chi connectivity index (χ4v) is 4.46. The summed E-state index contributed by atoms with van der Waals surface area (Å²) in [6.07, 6.45) is 6.69. The molecule has 5 heteroatoms. The molecular formula is C22H32N2O3. The minimum absolute atomic E-state index is 0.0328. The normalized spacial score (nSPS) is 21.4. The molecule has 27 heavy (non-hydrogen) atoms. The summed E-state index contributed by atoms with van der Waals surface area (Å²) in [6, 6.07) is 8.78. The van der Waals surface area contributed by atoms with Crippen LogP contribution in [0.25, 0.3) is 0 Å². The van der Waals surface area contributed by atoms with Crippen LogP contribution in [0.1, 0.15) is 69.2 Å². The zero-order valence-electron chi connectivity index (χ0n) is 16.7. The second kappa shape index (κ2) is 8.87. The number of hydrogen-bond donors (Lipinski definition) is 0. The topological polar surface area (TPSA) is 49.9 Å². The van der Waals surface area contributed by atoms with Gasteiger partial charge in [0.15, 0.2) is 0 Å². The summed E-state index contributed by atoms with van der Waals surface area (Å²) < 4.78 is 6.23. The van der Waals surface area contributed by atoms with Crippen LogP contribution in [0.3, 0.4) is 0 Å². The molecule has 5 nitrogen and oxygen atoms in total. The van der Waals surface area contributed by atoms with Gasteiger partial charge in [-0.3, -0.25) is 14.5 Å². The molecule has 1 atom stereocenters. The van der Waals surface area contributed by atoms with E-state index >= 15 is 0 Å². The molecule has 1 saturated heterocycles. The fourth-order valence-electron chi connectivity index (χ4n) is 4.46. The number of carbonyl (C=O) groups excluding carboxylic acids is 2. The Hall–Kier alpha value is -1.88. The highest BCUT2D eigenvalue weighted by Crippen LogP contribution is 2.41. The second-order valence-electron chi connectivity index (χ2n) is 7.70. The van der Waals surface area contributed by atoms with Crippen molar-refractivity contribution < 1.29 is 14.3 Å². The summed E-state index contributed by atoms with van der Waals surface area (Å²) >= 11 is 0. The van der Waals surface area contributed by atoms with Crippen LogP contribution in [0.2, 0.25) is 0 Å². The number of rotatable bonds is 6. The molecule has 0 aromatic heterocycles. The van der Waals surface area contributed by atoms with Gasteiger partial charge in [0, 0.05) is 18.7 Å². The number of ether oxygens (including phenoxy) is 1. The Kier molecular flexibility index (Phi) is 6.53. The van der Waals surface area contributed by atoms with Crippen molar-refractivity contribution in [3.63, 3.8) is 0 Å². The van der Waals surface area contributed by atoms with E-state index in [1.165, 1.54) is 0 Å². The van der Waals surface area contributed by atoms with Gasteiger partial charge in [-0.2, -0.15) is 0 Å². The third-order valence-corrected chi connectivity index (χ3v) is 5.72. The van der Waals surface area contributed by atoms with Crippen LogP contribution < -0.4 is 0 Å². The van der Waals surface area contributed by atoms with Crippen LogP contribution in [-0.4, -0.2) is 53.1 Å². The van der Waals surface area contributed by atoms with Gasteiger partial charge in [0.1, 0.15) is 11.8 Å². The standard InChI is InChI=1S/C22H32N2O3/c1-3-15-23(16-4-2)21(26)19-17-27-22(13-9-6-10-14-22)24(19)20(25)18-11-7-5-8-12-18/h5,7-8,11-12,19H,3-4,6,9-10,13-17H2,1-2H3. The van der Waals surface area contributed by atoms with Crippen LogP contribution in [0.5, 0.6) is 0 Å². The van der Waals surface area contributed by atoms with E-state index in [1.54, 1.807) is 4.90 Å². The number of nitrogens with zero attached hydrogens (tertiary/aromatic N) is 2. The van der Waals surface area contributed by atoms with Crippen LogP contribution in [-0.2, 0) is 9.53 Å². The van der Waals surface area contributed by atoms with Gasteiger partial charge in [-0.05, 0) is 50.7 Å². The molecule has 1 heterocycles. The van der Waals surface area contributed by atoms with Crippen molar-refractivity contribution in [2.75, 3.05) is 19.7 Å². The first-order valence-corrected chi connectivity index (χ1v) is 10.4. The molecule has 148 valence electrons. The first kappa shape index (κ1) is 19.9. The van der Waals surface area contributed by atoms with Crippen molar-refractivity contribution in [2.45, 2.75) is 70.6 Å². The molecule has 1 unspecified atom stereocenters. The van der Waals surface area contributed by atoms with Gasteiger partial charge in [-0.25, -0.2) is 0 Å². The summed E-state index contributed by atoms with van der Waals surface area (Å²) in [5.41, 5.74) is 0.0126. The lowest BCUT2D eigenvalue weighted by atomic mass is 9.89. The van der Waals surface area contributed by atoms with Gasteiger partial charge < -0.3 is 9.64 Å². The summed E-state index contributed by atoms with van der Waals surface area (Å²) in [7, 11) is 0. The molecular weight excluding hydrogens is 340 g/mol. The van der Waals surface area contributed by atoms with Crippen molar-refractivity contribution in [2.24, 2.45) is 0 Å². The molecule has 2 fully saturated rings. The Balaban J connectivity index is 1.92. The SMILES string of the molecule is CCCN(CCC)C(=O)C1COC2(CCCCC2)N1C(=O)c1ccccc1. The molecule has 2 amide bonds. The molecule has 1 aliphatic heterocycles. The molecule has 3 rings (SSSR count). The maximum absolute atomic E-state index is 13.4. The third kappa shape index (κ3) is 4.03. The zero-order chi connectivity index (χ0) is 19.3. The lowest BCUT2D eigenvalue weighted by Gasteiger charge is -2.42. The summed E-state index contributed by atoms with van der Waals surface area (Å²) in [4.78, 5) is 30.5. The van der Waals surface area contributed by atoms with Crippen LogP contribution in [0.15, 0.2) is 30.3 Å². The first-order chi connectivity index (χ1) is 13.1. The van der Waals surface area contributed by atoms with Gasteiger partial charge in [-0.1, -0.05) is 38.5 Å². The van der Waals surface area contributed by atoms with E-state index in [0.29, 0.717) is 12.2 Å². The summed E-state index contributed by atoms with van der Waals surface area (Å²) in [6.45, 7) is 5.92. The molecule has 1 aliphatic carbocycles. The Morgan fingerprint density at radius 1 is 1.07 bits per heavy atom. The van der Waals surface area contributed by atoms with Gasteiger partial charge in [0.25, 0.3) is 5.91 Å². The molecule has 2 aliphatic rings. The largest absolute Gasteiger partial charge is 0.353 e. The average Bonchev–Trinajstić information content (AvgIpc) is 3.06. The van der Waals surface area contributed by atoms with Crippen molar-refractivity contribution in [3.8, 4) is 0 Å². The Labute approximate surface area is 162 Å². The Bertz CT molecular complexity index is 634. The highest BCUT2D eigenvalue weighted by molar-refractivity contribution is 5.98. The number of carbonyl (C=O) groups is 2. The minimum Gasteiger partial charge on any atom is -0.353 e.